The minimum atomic E-state index is 0.789. The Morgan fingerprint density at radius 1 is 0.615 bits per heavy atom. The Bertz CT molecular complexity index is 596. The number of fused-ring (bicyclic) bond motifs is 1. The fourth-order valence-electron chi connectivity index (χ4n) is 2.85. The van der Waals surface area contributed by atoms with Crippen molar-refractivity contribution in [3.63, 3.8) is 0 Å². The summed E-state index contributed by atoms with van der Waals surface area (Å²) in [5, 5.41) is 0. The third-order valence-corrected chi connectivity index (χ3v) is 8.08. The van der Waals surface area contributed by atoms with Gasteiger partial charge >= 0.3 is 0 Å². The van der Waals surface area contributed by atoms with Crippen molar-refractivity contribution in [2.24, 2.45) is 0 Å². The molecule has 0 saturated carbocycles. The molecule has 0 aromatic carbocycles. The van der Waals surface area contributed by atoms with E-state index in [4.69, 9.17) is 9.47 Å². The molecule has 0 radical (unpaired) electrons. The van der Waals surface area contributed by atoms with Crippen molar-refractivity contribution >= 4 is 63.9 Å². The van der Waals surface area contributed by atoms with Crippen LogP contribution < -0.4 is 9.47 Å². The van der Waals surface area contributed by atoms with Gasteiger partial charge in [0.15, 0.2) is 11.5 Å². The summed E-state index contributed by atoms with van der Waals surface area (Å²) in [6, 6.07) is 0. The normalized spacial score (nSPS) is 11.4. The van der Waals surface area contributed by atoms with Crippen LogP contribution in [0.2, 0.25) is 0 Å². The predicted molar refractivity (Wildman–Crippen MR) is 124 cm³/mol. The Kier molecular flexibility index (Phi) is 10.9. The van der Waals surface area contributed by atoms with Gasteiger partial charge in [0, 0.05) is 0 Å². The lowest BCUT2D eigenvalue weighted by Gasteiger charge is -2.05. The zero-order valence-electron chi connectivity index (χ0n) is 15.9. The van der Waals surface area contributed by atoms with Gasteiger partial charge in [-0.25, -0.2) is 0 Å². The SMILES string of the molecule is CCCCCCCOc1c(Br)sc2c(OCCCCCCC)c(Br)sc12. The molecule has 2 nitrogen and oxygen atoms in total. The molecule has 0 unspecified atom stereocenters. The van der Waals surface area contributed by atoms with E-state index in [1.165, 1.54) is 60.8 Å². The molecule has 148 valence electrons. The van der Waals surface area contributed by atoms with Crippen LogP contribution in [0.5, 0.6) is 11.5 Å². The summed E-state index contributed by atoms with van der Waals surface area (Å²) in [5.74, 6) is 1.98. The Morgan fingerprint density at radius 3 is 1.38 bits per heavy atom. The molecule has 0 bridgehead atoms. The van der Waals surface area contributed by atoms with Gasteiger partial charge in [0.1, 0.15) is 7.57 Å². The van der Waals surface area contributed by atoms with E-state index in [-0.39, 0.29) is 0 Å². The minimum absolute atomic E-state index is 0.789. The van der Waals surface area contributed by atoms with Crippen molar-refractivity contribution in [2.45, 2.75) is 78.1 Å². The van der Waals surface area contributed by atoms with Crippen LogP contribution in [0, 0.1) is 0 Å². The van der Waals surface area contributed by atoms with Crippen molar-refractivity contribution in [2.75, 3.05) is 13.2 Å². The smallest absolute Gasteiger partial charge is 0.162 e. The van der Waals surface area contributed by atoms with Crippen molar-refractivity contribution in [1.29, 1.82) is 0 Å². The molecule has 2 heterocycles. The number of rotatable bonds is 14. The molecule has 26 heavy (non-hydrogen) atoms. The monoisotopic (exact) mass is 524 g/mol. The quantitative estimate of drug-likeness (QED) is 0.229. The molecule has 0 amide bonds. The number of hydrogen-bond donors (Lipinski definition) is 0. The van der Waals surface area contributed by atoms with Gasteiger partial charge in [0.25, 0.3) is 0 Å². The molecule has 6 heteroatoms. The van der Waals surface area contributed by atoms with Crippen molar-refractivity contribution < 1.29 is 9.47 Å². The summed E-state index contributed by atoms with van der Waals surface area (Å²) in [6.45, 7) is 6.07. The Labute approximate surface area is 182 Å². The van der Waals surface area contributed by atoms with Crippen LogP contribution in [-0.2, 0) is 0 Å². The second-order valence-corrected chi connectivity index (χ2v) is 11.3. The minimum Gasteiger partial charge on any atom is -0.490 e. The van der Waals surface area contributed by atoms with E-state index in [1.54, 1.807) is 22.7 Å². The molecule has 2 aromatic rings. The largest absolute Gasteiger partial charge is 0.490 e. The van der Waals surface area contributed by atoms with E-state index < -0.39 is 0 Å². The first-order valence-electron chi connectivity index (χ1n) is 9.84. The van der Waals surface area contributed by atoms with Crippen LogP contribution in [0.15, 0.2) is 7.57 Å². The van der Waals surface area contributed by atoms with Crippen molar-refractivity contribution in [3.05, 3.63) is 7.57 Å². The molecule has 2 aromatic heterocycles. The number of unbranched alkanes of at least 4 members (excludes halogenated alkanes) is 8. The average molecular weight is 526 g/mol. The molecule has 0 N–H and O–H groups in total. The van der Waals surface area contributed by atoms with Gasteiger partial charge in [-0.3, -0.25) is 0 Å². The zero-order valence-corrected chi connectivity index (χ0v) is 20.7. The van der Waals surface area contributed by atoms with E-state index in [1.807, 2.05) is 0 Å². The molecule has 0 atom stereocenters. The molecule has 0 spiro atoms. The fourth-order valence-corrected chi connectivity index (χ4v) is 6.83. The van der Waals surface area contributed by atoms with Crippen LogP contribution in [0.1, 0.15) is 78.1 Å². The predicted octanol–water partition coefficient (Wildman–Crippen LogP) is 9.19. The highest BCUT2D eigenvalue weighted by molar-refractivity contribution is 9.11. The number of ether oxygens (including phenoxy) is 2. The lowest BCUT2D eigenvalue weighted by Crippen LogP contribution is -1.97. The summed E-state index contributed by atoms with van der Waals surface area (Å²) in [6.07, 6.45) is 12.6. The van der Waals surface area contributed by atoms with E-state index >= 15 is 0 Å². The third kappa shape index (κ3) is 6.68. The highest BCUT2D eigenvalue weighted by Crippen LogP contribution is 2.53. The molecule has 0 fully saturated rings. The van der Waals surface area contributed by atoms with Crippen molar-refractivity contribution in [1.82, 2.24) is 0 Å². The maximum atomic E-state index is 6.11. The zero-order chi connectivity index (χ0) is 18.8. The lowest BCUT2D eigenvalue weighted by atomic mass is 10.2. The van der Waals surface area contributed by atoms with Crippen LogP contribution in [0.3, 0.4) is 0 Å². The Morgan fingerprint density at radius 2 is 1.00 bits per heavy atom. The lowest BCUT2D eigenvalue weighted by molar-refractivity contribution is 0.306. The van der Waals surface area contributed by atoms with Gasteiger partial charge in [-0.05, 0) is 44.7 Å². The second-order valence-electron chi connectivity index (χ2n) is 6.59. The second kappa shape index (κ2) is 12.6. The van der Waals surface area contributed by atoms with Crippen LogP contribution in [0.25, 0.3) is 9.40 Å². The maximum Gasteiger partial charge on any atom is 0.162 e. The van der Waals surface area contributed by atoms with Gasteiger partial charge in [-0.1, -0.05) is 65.2 Å². The molecule has 0 aliphatic heterocycles. The first-order chi connectivity index (χ1) is 12.7. The topological polar surface area (TPSA) is 18.5 Å². The molecule has 0 saturated heterocycles. The fraction of sp³-hybridized carbons (Fsp3) is 0.700. The highest BCUT2D eigenvalue weighted by Gasteiger charge is 2.21. The Hall–Kier alpha value is 0.220. The molecular formula is C20H30Br2O2S2. The number of halogens is 2. The first-order valence-corrected chi connectivity index (χ1v) is 13.1. The van der Waals surface area contributed by atoms with Gasteiger partial charge in [0.2, 0.25) is 0 Å². The average Bonchev–Trinajstić information content (AvgIpc) is 3.08. The molecule has 0 aliphatic carbocycles. The first kappa shape index (κ1) is 22.5. The van der Waals surface area contributed by atoms with E-state index in [9.17, 15) is 0 Å². The van der Waals surface area contributed by atoms with Gasteiger partial charge in [0.05, 0.1) is 22.6 Å². The summed E-state index contributed by atoms with van der Waals surface area (Å²) in [7, 11) is 0. The summed E-state index contributed by atoms with van der Waals surface area (Å²) >= 11 is 10.8. The van der Waals surface area contributed by atoms with E-state index in [0.29, 0.717) is 0 Å². The van der Waals surface area contributed by atoms with Crippen LogP contribution in [0.4, 0.5) is 0 Å². The van der Waals surface area contributed by atoms with Crippen molar-refractivity contribution in [3.8, 4) is 11.5 Å². The highest BCUT2D eigenvalue weighted by atomic mass is 79.9. The van der Waals surface area contributed by atoms with E-state index in [0.717, 1.165) is 45.1 Å². The molecule has 2 rings (SSSR count). The standard InChI is InChI=1S/C20H30Br2O2S2/c1-3-5-7-9-11-13-23-15-17-18(26-19(15)21)16(20(22)25-17)24-14-12-10-8-6-4-2/h3-14H2,1-2H3. The third-order valence-electron chi connectivity index (χ3n) is 4.35. The van der Waals surface area contributed by atoms with E-state index in [2.05, 4.69) is 45.7 Å². The maximum absolute atomic E-state index is 6.11. The number of hydrogen-bond acceptors (Lipinski definition) is 4. The van der Waals surface area contributed by atoms with Gasteiger partial charge in [-0.15, -0.1) is 22.7 Å². The Balaban J connectivity index is 1.89. The van der Waals surface area contributed by atoms with Gasteiger partial charge < -0.3 is 9.47 Å². The summed E-state index contributed by atoms with van der Waals surface area (Å²) in [5.41, 5.74) is 0. The molecular weight excluding hydrogens is 496 g/mol. The van der Waals surface area contributed by atoms with Gasteiger partial charge in [-0.2, -0.15) is 0 Å². The number of thiophene rings is 2. The van der Waals surface area contributed by atoms with Crippen LogP contribution >= 0.6 is 54.5 Å². The summed E-state index contributed by atoms with van der Waals surface area (Å²) in [4.78, 5) is 0. The molecule has 0 aliphatic rings. The van der Waals surface area contributed by atoms with Crippen LogP contribution in [-0.4, -0.2) is 13.2 Å². The summed E-state index contributed by atoms with van der Waals surface area (Å²) < 4.78 is 16.8.